The number of rotatable bonds is 19. The van der Waals surface area contributed by atoms with E-state index < -0.39 is 10.1 Å². The third-order valence-electron chi connectivity index (χ3n) is 14.1. The van der Waals surface area contributed by atoms with Gasteiger partial charge in [0.2, 0.25) is 11.8 Å². The van der Waals surface area contributed by atoms with E-state index in [1.165, 1.54) is 32.4 Å². The molecule has 2 aliphatic rings. The number of nitrogens with two attached hydrogens (primary N) is 4. The predicted octanol–water partition coefficient (Wildman–Crippen LogP) is 11.7. The molecule has 10 aromatic rings. The summed E-state index contributed by atoms with van der Waals surface area (Å²) in [6, 6.07) is 23.4. The first-order chi connectivity index (χ1) is 44.2. The molecule has 2 atom stereocenters. The van der Waals surface area contributed by atoms with Crippen molar-refractivity contribution in [3.05, 3.63) is 108 Å². The molecule has 14 N–H and O–H groups in total. The van der Waals surface area contributed by atoms with E-state index in [1.807, 2.05) is 64.9 Å². The Hall–Kier alpha value is -7.84. The Morgan fingerprint density at radius 2 is 1.12 bits per heavy atom. The number of benzene rings is 1. The number of nitrogen functional groups attached to an aromatic ring is 3. The monoisotopic (exact) mass is 1390 g/mol. The SMILES string of the molecule is CC(=O)CCCN.CC(=O)NCCCNc1cc(N)nc2cc(-c3ccn[nH]3)sc12.CC(=O)NCCCNc1cc(N)nc2cc(-c3ccnn3C3CCCCO3)sc12.Cc1ccc(S(=O)(=O)O)cc1.Cl.Nc1cc(Cl)c2sc(-c3ccnn3C3CCCCO3)cc2n1. The normalized spacial score (nSPS) is 14.4. The van der Waals surface area contributed by atoms with Crippen molar-refractivity contribution in [3.63, 3.8) is 0 Å². The van der Waals surface area contributed by atoms with Crippen molar-refractivity contribution in [1.82, 2.24) is 55.3 Å². The lowest BCUT2D eigenvalue weighted by Crippen LogP contribution is -2.22. The summed E-state index contributed by atoms with van der Waals surface area (Å²) in [5, 5.41) is 28.9. The van der Waals surface area contributed by atoms with Crippen LogP contribution in [0.25, 0.3) is 62.4 Å². The number of aryl methyl sites for hydroxylation is 1. The second kappa shape index (κ2) is 35.4. The van der Waals surface area contributed by atoms with Gasteiger partial charge in [0.1, 0.15) is 23.2 Å². The number of pyridine rings is 3. The van der Waals surface area contributed by atoms with Crippen molar-refractivity contribution in [2.45, 2.75) is 109 Å². The van der Waals surface area contributed by atoms with Crippen molar-refractivity contribution >= 4 is 145 Å². The molecular weight excluding hydrogens is 1310 g/mol. The Morgan fingerprint density at radius 3 is 1.55 bits per heavy atom. The number of Topliss-reactive ketones (excluding diaryl/α,β-unsaturated/α-hetero) is 1. The first-order valence-corrected chi connectivity index (χ1v) is 34.3. The van der Waals surface area contributed by atoms with E-state index in [2.05, 4.69) is 62.7 Å². The van der Waals surface area contributed by atoms with Gasteiger partial charge in [0.05, 0.1) is 83.7 Å². The number of nitrogens with zero attached hydrogens (tertiary/aromatic N) is 8. The van der Waals surface area contributed by atoms with Gasteiger partial charge in [-0.3, -0.25) is 19.2 Å². The van der Waals surface area contributed by atoms with Crippen LogP contribution in [0.1, 0.15) is 103 Å². The number of ketones is 1. The van der Waals surface area contributed by atoms with Gasteiger partial charge in [-0.15, -0.1) is 46.4 Å². The molecule has 93 heavy (non-hydrogen) atoms. The van der Waals surface area contributed by atoms with Gasteiger partial charge in [-0.1, -0.05) is 29.3 Å². The summed E-state index contributed by atoms with van der Waals surface area (Å²) in [5.41, 5.74) is 31.3. The number of fused-ring (bicyclic) bond motifs is 3. The zero-order chi connectivity index (χ0) is 65.7. The first-order valence-electron chi connectivity index (χ1n) is 30.0. The zero-order valence-electron chi connectivity index (χ0n) is 52.0. The van der Waals surface area contributed by atoms with Crippen LogP contribution in [0, 0.1) is 6.92 Å². The van der Waals surface area contributed by atoms with Crippen LogP contribution in [0.4, 0.5) is 28.8 Å². The zero-order valence-corrected chi connectivity index (χ0v) is 56.9. The Balaban J connectivity index is 0.000000175. The van der Waals surface area contributed by atoms with Crippen LogP contribution in [-0.2, 0) is 34.0 Å². The van der Waals surface area contributed by atoms with Gasteiger partial charge in [0.25, 0.3) is 10.1 Å². The maximum Gasteiger partial charge on any atom is 0.294 e. The summed E-state index contributed by atoms with van der Waals surface area (Å²) in [4.78, 5) is 48.4. The van der Waals surface area contributed by atoms with Crippen molar-refractivity contribution in [2.75, 3.05) is 73.8 Å². The van der Waals surface area contributed by atoms with E-state index in [1.54, 1.807) is 71.5 Å². The minimum Gasteiger partial charge on any atom is -0.384 e. The highest BCUT2D eigenvalue weighted by Gasteiger charge is 2.23. The number of halogens is 2. The number of H-pyrrole nitrogens is 1. The number of nitrogens with one attached hydrogen (secondary N) is 5. The Morgan fingerprint density at radius 1 is 0.645 bits per heavy atom. The number of hydrogen-bond acceptors (Lipinski definition) is 22. The van der Waals surface area contributed by atoms with Crippen LogP contribution >= 0.6 is 58.0 Å². The van der Waals surface area contributed by atoms with E-state index >= 15 is 0 Å². The third-order valence-corrected chi connectivity index (χ3v) is 18.9. The van der Waals surface area contributed by atoms with Crippen molar-refractivity contribution in [3.8, 4) is 31.7 Å². The largest absolute Gasteiger partial charge is 0.384 e. The second-order valence-electron chi connectivity index (χ2n) is 21.5. The molecule has 0 bridgehead atoms. The molecule has 1 aromatic carbocycles. The molecule has 25 nitrogen and oxygen atoms in total. The molecule has 2 amide bonds. The lowest BCUT2D eigenvalue weighted by molar-refractivity contribution is -0.119. The molecule has 9 aromatic heterocycles. The number of thiophene rings is 3. The quantitative estimate of drug-likeness (QED) is 0.0265. The Kier molecular flexibility index (Phi) is 27.7. The highest BCUT2D eigenvalue weighted by atomic mass is 35.5. The maximum atomic E-state index is 11.0. The Bertz CT molecular complexity index is 4150. The number of carbonyl (C=O) groups is 3. The number of carbonyl (C=O) groups excluding carboxylic acids is 3. The van der Waals surface area contributed by atoms with Crippen LogP contribution < -0.4 is 44.2 Å². The minimum atomic E-state index is -4.02. The van der Waals surface area contributed by atoms with Crippen molar-refractivity contribution in [1.29, 1.82) is 0 Å². The molecule has 11 heterocycles. The molecule has 498 valence electrons. The number of hydrogen-bond donors (Lipinski definition) is 10. The number of ether oxygens (including phenoxy) is 2. The molecule has 2 aliphatic heterocycles. The summed E-state index contributed by atoms with van der Waals surface area (Å²) < 4.78 is 48.3. The number of anilines is 5. The summed E-state index contributed by atoms with van der Waals surface area (Å²) in [7, 11) is -4.02. The van der Waals surface area contributed by atoms with Gasteiger partial charge in [0.15, 0.2) is 12.5 Å². The average Bonchev–Trinajstić information content (AvgIpc) is 1.84. The lowest BCUT2D eigenvalue weighted by atomic mass is 10.2. The smallest absolute Gasteiger partial charge is 0.294 e. The van der Waals surface area contributed by atoms with Crippen LogP contribution in [0.5, 0.6) is 0 Å². The fraction of sp³-hybridized carbons (Fsp3) is 0.371. The molecular formula is C62H79Cl2N17O8S4. The van der Waals surface area contributed by atoms with Gasteiger partial charge in [-0.2, -0.15) is 23.7 Å². The molecule has 2 fully saturated rings. The van der Waals surface area contributed by atoms with Gasteiger partial charge in [0, 0.05) is 96.5 Å². The standard InChI is InChI=1S/C20H26N6O2S.C15H15ClN4OS.C15H18N6OS.C7H8O3S.C5H11NO.ClH/c1-13(27)22-7-4-8-23-14-12-18(21)25-15-11-17(29-20(14)15)16-6-9-24-26(16)19-5-2-3-10-28-19;16-9-7-13(17)19-10-8-12(22-15(9)10)11-4-5-18-20(11)14-3-1-2-6-21-14;1-9(22)17-4-2-5-18-11-8-14(16)20-12-7-13(23-15(11)12)10-3-6-19-21-10;1-6-2-4-7(5-3-6)11(8,9)10;1-5(7)3-2-4-6;/h6,9,11-12,19H,2-5,7-8,10H2,1H3,(H,22,27)(H3,21,23,25);4-5,7-8,14H,1-3,6H2,(H2,17,19);3,6-8H,2,4-5H2,1H3,(H,17,22)(H,19,21)(H3,16,18,20);2-5H,1H3,(H,8,9,10);2-4,6H2,1H3;1H. The topological polar surface area (TPSA) is 379 Å². The number of aromatic nitrogens is 9. The molecule has 0 spiro atoms. The van der Waals surface area contributed by atoms with Gasteiger partial charge in [-0.05, 0) is 127 Å². The number of aromatic amines is 1. The van der Waals surface area contributed by atoms with Crippen LogP contribution in [-0.4, -0.2) is 121 Å². The van der Waals surface area contributed by atoms with E-state index in [4.69, 9.17) is 48.6 Å². The van der Waals surface area contributed by atoms with Crippen LogP contribution in [0.3, 0.4) is 0 Å². The molecule has 0 aliphatic carbocycles. The molecule has 2 unspecified atom stereocenters. The second-order valence-corrected chi connectivity index (χ2v) is 26.5. The van der Waals surface area contributed by atoms with Gasteiger partial charge >= 0.3 is 0 Å². The van der Waals surface area contributed by atoms with Gasteiger partial charge in [-0.25, -0.2) is 24.3 Å². The Labute approximate surface area is 562 Å². The van der Waals surface area contributed by atoms with E-state index in [0.717, 1.165) is 157 Å². The maximum absolute atomic E-state index is 11.0. The van der Waals surface area contributed by atoms with E-state index in [9.17, 15) is 22.8 Å². The molecule has 31 heteroatoms. The average molecular weight is 1390 g/mol. The summed E-state index contributed by atoms with van der Waals surface area (Å²) >= 11 is 11.2. The molecule has 0 radical (unpaired) electrons. The van der Waals surface area contributed by atoms with E-state index in [0.29, 0.717) is 48.5 Å². The van der Waals surface area contributed by atoms with Crippen LogP contribution in [0.15, 0.2) is 102 Å². The summed E-state index contributed by atoms with van der Waals surface area (Å²) in [6.07, 6.45) is 15.0. The minimum absolute atomic E-state index is 0. The predicted molar refractivity (Wildman–Crippen MR) is 376 cm³/mol. The lowest BCUT2D eigenvalue weighted by Gasteiger charge is -2.24. The number of amides is 2. The van der Waals surface area contributed by atoms with Gasteiger partial charge < -0.3 is 58.5 Å². The van der Waals surface area contributed by atoms with Crippen molar-refractivity contribution in [2.24, 2.45) is 5.73 Å². The first kappa shape index (κ1) is 72.6. The highest BCUT2D eigenvalue weighted by Crippen LogP contribution is 2.41. The highest BCUT2D eigenvalue weighted by molar-refractivity contribution is 7.85. The fourth-order valence-corrected chi connectivity index (χ4v) is 13.6. The fourth-order valence-electron chi connectivity index (χ4n) is 9.65. The molecule has 0 saturated carbocycles. The van der Waals surface area contributed by atoms with Crippen molar-refractivity contribution < 1.29 is 36.8 Å². The van der Waals surface area contributed by atoms with E-state index in [-0.39, 0.29) is 47.4 Å². The third kappa shape index (κ3) is 21.3. The molecule has 12 rings (SSSR count). The summed E-state index contributed by atoms with van der Waals surface area (Å²) in [6.45, 7) is 11.4. The molecule has 2 saturated heterocycles. The van der Waals surface area contributed by atoms with Crippen LogP contribution in [0.2, 0.25) is 5.02 Å². The summed E-state index contributed by atoms with van der Waals surface area (Å²) in [5.74, 6) is 1.60.